The summed E-state index contributed by atoms with van der Waals surface area (Å²) in [5.74, 6) is 1.25. The molecule has 5 rings (SSSR count). The minimum absolute atomic E-state index is 0.0510. The molecule has 1 atom stereocenters. The standard InChI is InChI=1S/C26H30N6O4/c1-18-8-6-7-11-21(18)36-17-20(33)16-32-22-23(29(2)26(35)28-24(22)34)27-25(32)31-14-12-30(13-15-31)19-9-4-3-5-10-19/h3-11,20,33H,12-17H2,1-2H3,(H,28,34,35)/t20-/m1/s1. The van der Waals surface area contributed by atoms with Gasteiger partial charge in [0.2, 0.25) is 5.95 Å². The van der Waals surface area contributed by atoms with Crippen LogP contribution in [0.2, 0.25) is 0 Å². The fourth-order valence-corrected chi connectivity index (χ4v) is 4.61. The number of hydrogen-bond donors (Lipinski definition) is 2. The second kappa shape index (κ2) is 9.90. The molecule has 2 aromatic carbocycles. The van der Waals surface area contributed by atoms with Crippen molar-refractivity contribution in [1.82, 2.24) is 19.1 Å². The lowest BCUT2D eigenvalue weighted by atomic mass is 10.2. The fourth-order valence-electron chi connectivity index (χ4n) is 4.61. The van der Waals surface area contributed by atoms with Crippen molar-refractivity contribution in [2.75, 3.05) is 42.6 Å². The first-order valence-corrected chi connectivity index (χ1v) is 12.0. The van der Waals surface area contributed by atoms with Gasteiger partial charge in [-0.15, -0.1) is 0 Å². The molecule has 0 amide bonds. The van der Waals surface area contributed by atoms with Crippen LogP contribution >= 0.6 is 0 Å². The highest BCUT2D eigenvalue weighted by molar-refractivity contribution is 5.74. The second-order valence-electron chi connectivity index (χ2n) is 9.05. The van der Waals surface area contributed by atoms with Gasteiger partial charge in [-0.3, -0.25) is 14.3 Å². The highest BCUT2D eigenvalue weighted by Crippen LogP contribution is 2.24. The number of benzene rings is 2. The molecule has 36 heavy (non-hydrogen) atoms. The van der Waals surface area contributed by atoms with Gasteiger partial charge in [0.15, 0.2) is 11.2 Å². The van der Waals surface area contributed by atoms with Gasteiger partial charge in [-0.2, -0.15) is 4.98 Å². The van der Waals surface area contributed by atoms with Crippen LogP contribution in [-0.4, -0.2) is 63.1 Å². The Morgan fingerprint density at radius 1 is 1.00 bits per heavy atom. The molecule has 3 heterocycles. The van der Waals surface area contributed by atoms with E-state index in [4.69, 9.17) is 9.72 Å². The molecule has 0 bridgehead atoms. The predicted octanol–water partition coefficient (Wildman–Crippen LogP) is 1.50. The van der Waals surface area contributed by atoms with Crippen LogP contribution in [0.25, 0.3) is 11.2 Å². The third kappa shape index (κ3) is 4.59. The Morgan fingerprint density at radius 2 is 1.67 bits per heavy atom. The third-order valence-electron chi connectivity index (χ3n) is 6.59. The quantitative estimate of drug-likeness (QED) is 0.404. The molecule has 0 radical (unpaired) electrons. The zero-order valence-corrected chi connectivity index (χ0v) is 20.4. The minimum atomic E-state index is -0.900. The Labute approximate surface area is 208 Å². The molecule has 1 fully saturated rings. The number of rotatable bonds is 7. The van der Waals surface area contributed by atoms with E-state index in [1.807, 2.05) is 49.4 Å². The number of anilines is 2. The van der Waals surface area contributed by atoms with Crippen molar-refractivity contribution in [3.8, 4) is 5.75 Å². The van der Waals surface area contributed by atoms with Gasteiger partial charge in [0.25, 0.3) is 5.56 Å². The van der Waals surface area contributed by atoms with Crippen molar-refractivity contribution in [3.63, 3.8) is 0 Å². The van der Waals surface area contributed by atoms with Crippen LogP contribution in [0.15, 0.2) is 64.2 Å². The summed E-state index contributed by atoms with van der Waals surface area (Å²) in [6.45, 7) is 5.01. The summed E-state index contributed by atoms with van der Waals surface area (Å²) < 4.78 is 8.87. The molecule has 2 N–H and O–H groups in total. The number of aromatic nitrogens is 4. The van der Waals surface area contributed by atoms with E-state index in [0.717, 1.165) is 24.3 Å². The van der Waals surface area contributed by atoms with E-state index in [0.29, 0.717) is 24.8 Å². The van der Waals surface area contributed by atoms with Gasteiger partial charge in [-0.1, -0.05) is 36.4 Å². The molecule has 2 aromatic heterocycles. The lowest BCUT2D eigenvalue weighted by Crippen LogP contribution is -2.47. The van der Waals surface area contributed by atoms with Gasteiger partial charge in [0.05, 0.1) is 6.54 Å². The van der Waals surface area contributed by atoms with Gasteiger partial charge < -0.3 is 24.2 Å². The molecule has 4 aromatic rings. The lowest BCUT2D eigenvalue weighted by molar-refractivity contribution is 0.0933. The van der Waals surface area contributed by atoms with Crippen LogP contribution in [0.4, 0.5) is 11.6 Å². The summed E-state index contributed by atoms with van der Waals surface area (Å²) >= 11 is 0. The van der Waals surface area contributed by atoms with Crippen LogP contribution in [0.3, 0.4) is 0 Å². The topological polar surface area (TPSA) is 109 Å². The average molecular weight is 491 g/mol. The first-order valence-electron chi connectivity index (χ1n) is 12.0. The van der Waals surface area contributed by atoms with Crippen LogP contribution in [0.5, 0.6) is 5.75 Å². The molecule has 10 nitrogen and oxygen atoms in total. The van der Waals surface area contributed by atoms with Gasteiger partial charge in [0, 0.05) is 38.9 Å². The van der Waals surface area contributed by atoms with Gasteiger partial charge in [-0.25, -0.2) is 4.79 Å². The molecule has 1 saturated heterocycles. The van der Waals surface area contributed by atoms with E-state index in [-0.39, 0.29) is 24.3 Å². The van der Waals surface area contributed by atoms with Crippen molar-refractivity contribution < 1.29 is 9.84 Å². The number of nitrogens with one attached hydrogen (secondary N) is 1. The number of aryl methyl sites for hydroxylation is 2. The Bertz CT molecular complexity index is 1470. The molecule has 0 spiro atoms. The van der Waals surface area contributed by atoms with E-state index < -0.39 is 17.4 Å². The first-order chi connectivity index (χ1) is 17.4. The number of hydrogen-bond acceptors (Lipinski definition) is 7. The maximum Gasteiger partial charge on any atom is 0.329 e. The zero-order chi connectivity index (χ0) is 25.2. The summed E-state index contributed by atoms with van der Waals surface area (Å²) in [6.07, 6.45) is -0.900. The molecule has 0 saturated carbocycles. The number of aliphatic hydroxyl groups is 1. The number of aliphatic hydroxyl groups excluding tert-OH is 1. The van der Waals surface area contributed by atoms with Crippen LogP contribution < -0.4 is 25.8 Å². The van der Waals surface area contributed by atoms with Crippen molar-refractivity contribution >= 4 is 22.8 Å². The summed E-state index contributed by atoms with van der Waals surface area (Å²) in [7, 11) is 1.58. The Balaban J connectivity index is 1.42. The molecule has 0 aliphatic carbocycles. The van der Waals surface area contributed by atoms with Gasteiger partial charge in [-0.05, 0) is 30.7 Å². The monoisotopic (exact) mass is 490 g/mol. The third-order valence-corrected chi connectivity index (χ3v) is 6.59. The van der Waals surface area contributed by atoms with Crippen LogP contribution in [0.1, 0.15) is 5.56 Å². The van der Waals surface area contributed by atoms with Crippen LogP contribution in [-0.2, 0) is 13.6 Å². The van der Waals surface area contributed by atoms with Crippen molar-refractivity contribution in [1.29, 1.82) is 0 Å². The van der Waals surface area contributed by atoms with Crippen LogP contribution in [0, 0.1) is 6.92 Å². The average Bonchev–Trinajstić information content (AvgIpc) is 3.27. The summed E-state index contributed by atoms with van der Waals surface area (Å²) in [5, 5.41) is 10.9. The number of fused-ring (bicyclic) bond motifs is 1. The number of H-pyrrole nitrogens is 1. The molecule has 188 valence electrons. The smallest absolute Gasteiger partial charge is 0.329 e. The Morgan fingerprint density at radius 3 is 2.39 bits per heavy atom. The Kier molecular flexibility index (Phi) is 6.51. The first kappa shape index (κ1) is 23.7. The van der Waals surface area contributed by atoms with E-state index in [9.17, 15) is 14.7 Å². The van der Waals surface area contributed by atoms with Crippen molar-refractivity contribution in [3.05, 3.63) is 81.0 Å². The van der Waals surface area contributed by atoms with Gasteiger partial charge in [0.1, 0.15) is 18.5 Å². The number of nitrogens with zero attached hydrogens (tertiary/aromatic N) is 5. The second-order valence-corrected chi connectivity index (χ2v) is 9.05. The normalized spacial score (nSPS) is 14.9. The summed E-state index contributed by atoms with van der Waals surface area (Å²) in [5.41, 5.74) is 1.63. The maximum absolute atomic E-state index is 12.8. The fraction of sp³-hybridized carbons (Fsp3) is 0.346. The Hall–Kier alpha value is -4.05. The predicted molar refractivity (Wildman–Crippen MR) is 139 cm³/mol. The largest absolute Gasteiger partial charge is 0.491 e. The SMILES string of the molecule is Cc1ccccc1OC[C@H](O)Cn1c(N2CCN(c3ccccc3)CC2)nc2c1c(=O)[nH]c(=O)n2C. The molecule has 1 aliphatic heterocycles. The van der Waals surface area contributed by atoms with Crippen molar-refractivity contribution in [2.45, 2.75) is 19.6 Å². The molecular formula is C26H30N6O4. The molecule has 0 unspecified atom stereocenters. The minimum Gasteiger partial charge on any atom is -0.491 e. The lowest BCUT2D eigenvalue weighted by Gasteiger charge is -2.36. The molecular weight excluding hydrogens is 460 g/mol. The van der Waals surface area contributed by atoms with E-state index in [1.54, 1.807) is 11.6 Å². The zero-order valence-electron chi connectivity index (χ0n) is 20.4. The summed E-state index contributed by atoms with van der Waals surface area (Å²) in [6, 6.07) is 17.8. The number of piperazine rings is 1. The number of aromatic amines is 1. The summed E-state index contributed by atoms with van der Waals surface area (Å²) in [4.78, 5) is 36.5. The van der Waals surface area contributed by atoms with E-state index >= 15 is 0 Å². The van der Waals surface area contributed by atoms with Crippen molar-refractivity contribution in [2.24, 2.45) is 7.05 Å². The number of para-hydroxylation sites is 2. The van der Waals surface area contributed by atoms with E-state index in [2.05, 4.69) is 26.9 Å². The maximum atomic E-state index is 12.8. The molecule has 10 heteroatoms. The highest BCUT2D eigenvalue weighted by Gasteiger charge is 2.26. The highest BCUT2D eigenvalue weighted by atomic mass is 16.5. The number of imidazole rings is 1. The molecule has 1 aliphatic rings. The number of ether oxygens (including phenoxy) is 1. The van der Waals surface area contributed by atoms with E-state index in [1.165, 1.54) is 4.57 Å². The van der Waals surface area contributed by atoms with Gasteiger partial charge >= 0.3 is 5.69 Å².